The second-order valence-electron chi connectivity index (χ2n) is 6.03. The predicted octanol–water partition coefficient (Wildman–Crippen LogP) is 0.611. The number of piperidine rings is 1. The van der Waals surface area contributed by atoms with Crippen LogP contribution in [0.25, 0.3) is 0 Å². The molecular weight excluding hydrogens is 258 g/mol. The van der Waals surface area contributed by atoms with Gasteiger partial charge in [-0.15, -0.1) is 10.2 Å². The summed E-state index contributed by atoms with van der Waals surface area (Å²) in [5.41, 5.74) is 0. The van der Waals surface area contributed by atoms with E-state index in [0.717, 1.165) is 50.9 Å². The fourth-order valence-corrected chi connectivity index (χ4v) is 3.89. The molecule has 1 aromatic rings. The first-order valence-corrected chi connectivity index (χ1v) is 7.42. The van der Waals surface area contributed by atoms with E-state index in [1.165, 1.54) is 0 Å². The summed E-state index contributed by atoms with van der Waals surface area (Å²) in [5.74, 6) is 1.62. The third-order valence-corrected chi connectivity index (χ3v) is 4.89. The standard InChI is InChI=1S/C13H21N5O2/c19-13(20)12-10-3-1-8(7-9(10)5-6-14-12)2-4-11-15-17-18-16-11/h8-10,12,14H,1-7H2,(H,19,20)(H,15,16,17,18)/t8-,9-,10+,12+/m1/s1. The highest BCUT2D eigenvalue weighted by atomic mass is 16.4. The van der Waals surface area contributed by atoms with Gasteiger partial charge in [0.25, 0.3) is 0 Å². The lowest BCUT2D eigenvalue weighted by Crippen LogP contribution is -2.52. The Bertz CT molecular complexity index is 450. The summed E-state index contributed by atoms with van der Waals surface area (Å²) in [5, 5.41) is 26.4. The van der Waals surface area contributed by atoms with Crippen molar-refractivity contribution in [3.8, 4) is 0 Å². The molecule has 3 N–H and O–H groups in total. The van der Waals surface area contributed by atoms with E-state index in [9.17, 15) is 9.90 Å². The molecule has 2 fully saturated rings. The number of aryl methyl sites for hydroxylation is 1. The number of hydrogen-bond donors (Lipinski definition) is 3. The topological polar surface area (TPSA) is 104 Å². The molecule has 0 spiro atoms. The number of aromatic nitrogens is 4. The molecule has 4 atom stereocenters. The van der Waals surface area contributed by atoms with E-state index in [1.807, 2.05) is 0 Å². The fourth-order valence-electron chi connectivity index (χ4n) is 3.89. The first kappa shape index (κ1) is 13.5. The molecule has 20 heavy (non-hydrogen) atoms. The number of fused-ring (bicyclic) bond motifs is 1. The number of nitrogens with one attached hydrogen (secondary N) is 2. The van der Waals surface area contributed by atoms with Crippen LogP contribution in [0, 0.1) is 17.8 Å². The summed E-state index contributed by atoms with van der Waals surface area (Å²) >= 11 is 0. The van der Waals surface area contributed by atoms with Gasteiger partial charge in [-0.25, -0.2) is 0 Å². The van der Waals surface area contributed by atoms with E-state index >= 15 is 0 Å². The molecule has 0 unspecified atom stereocenters. The van der Waals surface area contributed by atoms with Crippen molar-refractivity contribution in [2.75, 3.05) is 6.54 Å². The first-order valence-electron chi connectivity index (χ1n) is 7.42. The van der Waals surface area contributed by atoms with Crippen LogP contribution < -0.4 is 5.32 Å². The summed E-state index contributed by atoms with van der Waals surface area (Å²) in [6, 6.07) is -0.341. The van der Waals surface area contributed by atoms with Gasteiger partial charge in [0.2, 0.25) is 0 Å². The Hall–Kier alpha value is -1.50. The number of H-pyrrole nitrogens is 1. The predicted molar refractivity (Wildman–Crippen MR) is 70.9 cm³/mol. The summed E-state index contributed by atoms with van der Waals surface area (Å²) in [4.78, 5) is 11.3. The molecule has 1 aliphatic heterocycles. The minimum atomic E-state index is -0.690. The Kier molecular flexibility index (Phi) is 3.95. The van der Waals surface area contributed by atoms with Gasteiger partial charge in [0.15, 0.2) is 5.82 Å². The monoisotopic (exact) mass is 279 g/mol. The number of aliphatic carboxylic acids is 1. The van der Waals surface area contributed by atoms with E-state index in [0.29, 0.717) is 17.8 Å². The molecule has 1 saturated carbocycles. The lowest BCUT2D eigenvalue weighted by Gasteiger charge is -2.42. The van der Waals surface area contributed by atoms with E-state index in [-0.39, 0.29) is 6.04 Å². The van der Waals surface area contributed by atoms with Gasteiger partial charge < -0.3 is 10.4 Å². The van der Waals surface area contributed by atoms with Crippen molar-refractivity contribution in [2.45, 2.75) is 44.6 Å². The molecule has 2 aliphatic rings. The minimum absolute atomic E-state index is 0.308. The van der Waals surface area contributed by atoms with Crippen molar-refractivity contribution in [2.24, 2.45) is 17.8 Å². The van der Waals surface area contributed by atoms with Gasteiger partial charge in [-0.05, 0) is 50.0 Å². The third-order valence-electron chi connectivity index (χ3n) is 4.89. The van der Waals surface area contributed by atoms with Gasteiger partial charge in [-0.3, -0.25) is 4.79 Å². The number of tetrazole rings is 1. The summed E-state index contributed by atoms with van der Waals surface area (Å²) < 4.78 is 0. The van der Waals surface area contributed by atoms with Crippen molar-refractivity contribution in [3.05, 3.63) is 5.82 Å². The molecule has 0 bridgehead atoms. The highest BCUT2D eigenvalue weighted by Crippen LogP contribution is 2.41. The Morgan fingerprint density at radius 2 is 2.25 bits per heavy atom. The van der Waals surface area contributed by atoms with Crippen LogP contribution >= 0.6 is 0 Å². The molecule has 0 amide bonds. The first-order chi connectivity index (χ1) is 9.74. The minimum Gasteiger partial charge on any atom is -0.480 e. The Balaban J connectivity index is 1.54. The number of carbonyl (C=O) groups is 1. The van der Waals surface area contributed by atoms with E-state index in [4.69, 9.17) is 0 Å². The smallest absolute Gasteiger partial charge is 0.320 e. The van der Waals surface area contributed by atoms with Crippen molar-refractivity contribution >= 4 is 5.97 Å². The highest BCUT2D eigenvalue weighted by molar-refractivity contribution is 5.74. The van der Waals surface area contributed by atoms with Crippen molar-refractivity contribution in [1.29, 1.82) is 0 Å². The maximum atomic E-state index is 11.3. The molecule has 3 rings (SSSR count). The summed E-state index contributed by atoms with van der Waals surface area (Å²) in [6.45, 7) is 0.829. The summed E-state index contributed by atoms with van der Waals surface area (Å²) in [6.07, 6.45) is 6.32. The van der Waals surface area contributed by atoms with Crippen LogP contribution in [0.1, 0.15) is 37.9 Å². The third kappa shape index (κ3) is 2.82. The van der Waals surface area contributed by atoms with Gasteiger partial charge in [0.05, 0.1) is 0 Å². The van der Waals surface area contributed by atoms with E-state index in [1.54, 1.807) is 0 Å². The average Bonchev–Trinajstić information content (AvgIpc) is 2.97. The quantitative estimate of drug-likeness (QED) is 0.746. The lowest BCUT2D eigenvalue weighted by atomic mass is 9.67. The molecule has 1 aromatic heterocycles. The second-order valence-corrected chi connectivity index (χ2v) is 6.03. The van der Waals surface area contributed by atoms with Gasteiger partial charge in [-0.2, -0.15) is 5.21 Å². The van der Waals surface area contributed by atoms with Gasteiger partial charge in [0.1, 0.15) is 6.04 Å². The fraction of sp³-hybridized carbons (Fsp3) is 0.846. The molecule has 7 heteroatoms. The Morgan fingerprint density at radius 1 is 1.35 bits per heavy atom. The number of nitrogens with zero attached hydrogens (tertiary/aromatic N) is 3. The number of carboxylic acid groups (broad SMARTS) is 1. The van der Waals surface area contributed by atoms with Crippen LogP contribution in [-0.2, 0) is 11.2 Å². The number of aromatic amines is 1. The van der Waals surface area contributed by atoms with Crippen LogP contribution in [0.2, 0.25) is 0 Å². The number of rotatable bonds is 4. The van der Waals surface area contributed by atoms with Crippen LogP contribution in [0.15, 0.2) is 0 Å². The maximum absolute atomic E-state index is 11.3. The SMILES string of the molecule is O=C(O)[C@H]1NCC[C@@H]2C[C@@H](CCc3nn[nH]n3)CC[C@@H]21. The maximum Gasteiger partial charge on any atom is 0.320 e. The van der Waals surface area contributed by atoms with Crippen LogP contribution in [0.5, 0.6) is 0 Å². The molecule has 0 radical (unpaired) electrons. The van der Waals surface area contributed by atoms with Crippen LogP contribution in [-0.4, -0.2) is 44.3 Å². The zero-order chi connectivity index (χ0) is 13.9. The number of carboxylic acids is 1. The normalized spacial score (nSPS) is 33.6. The van der Waals surface area contributed by atoms with Gasteiger partial charge >= 0.3 is 5.97 Å². The molecule has 1 saturated heterocycles. The molecule has 2 heterocycles. The van der Waals surface area contributed by atoms with E-state index in [2.05, 4.69) is 25.9 Å². The molecule has 110 valence electrons. The van der Waals surface area contributed by atoms with Crippen molar-refractivity contribution < 1.29 is 9.90 Å². The highest BCUT2D eigenvalue weighted by Gasteiger charge is 2.40. The van der Waals surface area contributed by atoms with E-state index < -0.39 is 5.97 Å². The second kappa shape index (κ2) is 5.87. The van der Waals surface area contributed by atoms with Crippen LogP contribution in [0.3, 0.4) is 0 Å². The molecular formula is C13H21N5O2. The molecule has 1 aliphatic carbocycles. The zero-order valence-corrected chi connectivity index (χ0v) is 11.5. The molecule has 7 nitrogen and oxygen atoms in total. The van der Waals surface area contributed by atoms with Crippen molar-refractivity contribution in [1.82, 2.24) is 25.9 Å². The lowest BCUT2D eigenvalue weighted by molar-refractivity contribution is -0.143. The van der Waals surface area contributed by atoms with Crippen LogP contribution in [0.4, 0.5) is 0 Å². The Morgan fingerprint density at radius 3 is 3.00 bits per heavy atom. The van der Waals surface area contributed by atoms with Gasteiger partial charge in [0, 0.05) is 6.42 Å². The zero-order valence-electron chi connectivity index (χ0n) is 11.5. The Labute approximate surface area is 117 Å². The molecule has 0 aromatic carbocycles. The van der Waals surface area contributed by atoms with Gasteiger partial charge in [-0.1, -0.05) is 11.6 Å². The largest absolute Gasteiger partial charge is 0.480 e. The van der Waals surface area contributed by atoms with Crippen molar-refractivity contribution in [3.63, 3.8) is 0 Å². The summed E-state index contributed by atoms with van der Waals surface area (Å²) in [7, 11) is 0. The average molecular weight is 279 g/mol. The number of hydrogen-bond acceptors (Lipinski definition) is 5.